The van der Waals surface area contributed by atoms with Crippen molar-refractivity contribution in [2.24, 2.45) is 0 Å². The molecule has 0 spiro atoms. The van der Waals surface area contributed by atoms with Gasteiger partial charge in [0.25, 0.3) is 5.91 Å². The van der Waals surface area contributed by atoms with Crippen LogP contribution in [0.2, 0.25) is 0 Å². The first-order valence-electron chi connectivity index (χ1n) is 5.52. The van der Waals surface area contributed by atoms with Crippen molar-refractivity contribution in [1.29, 1.82) is 0 Å². The largest absolute Gasteiger partial charge is 0.357 e. The van der Waals surface area contributed by atoms with E-state index in [9.17, 15) is 9.59 Å². The van der Waals surface area contributed by atoms with Gasteiger partial charge in [-0.05, 0) is 17.7 Å². The van der Waals surface area contributed by atoms with Crippen molar-refractivity contribution in [3.05, 3.63) is 59.9 Å². The third-order valence-electron chi connectivity index (χ3n) is 2.51. The molecule has 2 N–H and O–H groups in total. The maximum Gasteiger partial charge on any atom is 0.267 e. The Morgan fingerprint density at radius 3 is 2.56 bits per heavy atom. The van der Waals surface area contributed by atoms with Gasteiger partial charge in [-0.2, -0.15) is 0 Å². The van der Waals surface area contributed by atoms with E-state index in [1.165, 1.54) is 0 Å². The fraction of sp³-hybridized carbons (Fsp3) is 0.0714. The van der Waals surface area contributed by atoms with E-state index in [1.54, 1.807) is 30.5 Å². The van der Waals surface area contributed by atoms with Crippen LogP contribution in [0.5, 0.6) is 0 Å². The van der Waals surface area contributed by atoms with Crippen LogP contribution in [0.1, 0.15) is 16.1 Å². The SMILES string of the molecule is O=C=C(CNC(=O)c1ccc[nH]1)c1ccccc1. The Morgan fingerprint density at radius 1 is 1.17 bits per heavy atom. The van der Waals surface area contributed by atoms with Crippen LogP contribution in [0.25, 0.3) is 5.57 Å². The van der Waals surface area contributed by atoms with Gasteiger partial charge in [-0.1, -0.05) is 30.3 Å². The monoisotopic (exact) mass is 240 g/mol. The van der Waals surface area contributed by atoms with Crippen molar-refractivity contribution in [3.8, 4) is 0 Å². The fourth-order valence-electron chi connectivity index (χ4n) is 1.57. The van der Waals surface area contributed by atoms with Gasteiger partial charge in [-0.25, -0.2) is 4.79 Å². The molecule has 4 nitrogen and oxygen atoms in total. The summed E-state index contributed by atoms with van der Waals surface area (Å²) in [4.78, 5) is 25.4. The lowest BCUT2D eigenvalue weighted by Gasteiger charge is -2.05. The first kappa shape index (κ1) is 11.9. The summed E-state index contributed by atoms with van der Waals surface area (Å²) in [5, 5.41) is 2.66. The molecule has 0 saturated heterocycles. The Labute approximate surface area is 104 Å². The van der Waals surface area contributed by atoms with E-state index in [-0.39, 0.29) is 12.5 Å². The lowest BCUT2D eigenvalue weighted by atomic mass is 10.1. The van der Waals surface area contributed by atoms with Gasteiger partial charge in [0.15, 0.2) is 0 Å². The predicted octanol–water partition coefficient (Wildman–Crippen LogP) is 1.66. The normalized spacial score (nSPS) is 9.56. The minimum Gasteiger partial charge on any atom is -0.357 e. The fourth-order valence-corrected chi connectivity index (χ4v) is 1.57. The molecule has 18 heavy (non-hydrogen) atoms. The zero-order chi connectivity index (χ0) is 12.8. The number of aromatic amines is 1. The summed E-state index contributed by atoms with van der Waals surface area (Å²) in [7, 11) is 0. The topological polar surface area (TPSA) is 62.0 Å². The highest BCUT2D eigenvalue weighted by Gasteiger charge is 2.08. The highest BCUT2D eigenvalue weighted by atomic mass is 16.1. The van der Waals surface area contributed by atoms with Gasteiger partial charge in [0, 0.05) is 6.20 Å². The maximum absolute atomic E-state index is 11.7. The van der Waals surface area contributed by atoms with Gasteiger partial charge in [0.2, 0.25) is 0 Å². The van der Waals surface area contributed by atoms with Crippen LogP contribution < -0.4 is 5.32 Å². The number of benzene rings is 1. The quantitative estimate of drug-likeness (QED) is 0.798. The molecule has 1 aromatic carbocycles. The van der Waals surface area contributed by atoms with Gasteiger partial charge in [-0.3, -0.25) is 4.79 Å². The molecule has 0 aliphatic heterocycles. The van der Waals surface area contributed by atoms with Crippen LogP contribution in [0, 0.1) is 0 Å². The Bertz CT molecular complexity index is 567. The second kappa shape index (κ2) is 5.66. The van der Waals surface area contributed by atoms with E-state index in [0.717, 1.165) is 5.56 Å². The van der Waals surface area contributed by atoms with Crippen LogP contribution in [0.3, 0.4) is 0 Å². The number of nitrogens with one attached hydrogen (secondary N) is 2. The smallest absolute Gasteiger partial charge is 0.267 e. The summed E-state index contributed by atoms with van der Waals surface area (Å²) >= 11 is 0. The van der Waals surface area contributed by atoms with E-state index in [2.05, 4.69) is 10.3 Å². The predicted molar refractivity (Wildman–Crippen MR) is 68.7 cm³/mol. The van der Waals surface area contributed by atoms with Crippen molar-refractivity contribution in [2.45, 2.75) is 0 Å². The maximum atomic E-state index is 11.7. The molecule has 0 bridgehead atoms. The Balaban J connectivity index is 2.01. The van der Waals surface area contributed by atoms with Gasteiger partial charge in [0.05, 0.1) is 12.1 Å². The Kier molecular flexibility index (Phi) is 3.74. The van der Waals surface area contributed by atoms with Gasteiger partial charge in [0.1, 0.15) is 11.6 Å². The summed E-state index contributed by atoms with van der Waals surface area (Å²) in [6, 6.07) is 12.6. The zero-order valence-electron chi connectivity index (χ0n) is 9.64. The number of carbonyl (C=O) groups is 1. The summed E-state index contributed by atoms with van der Waals surface area (Å²) in [5.74, 6) is 1.61. The molecular weight excluding hydrogens is 228 g/mol. The summed E-state index contributed by atoms with van der Waals surface area (Å²) in [6.45, 7) is 0.158. The molecule has 1 aromatic heterocycles. The Hall–Kier alpha value is -2.58. The van der Waals surface area contributed by atoms with Crippen molar-refractivity contribution in [3.63, 3.8) is 0 Å². The molecule has 4 heteroatoms. The van der Waals surface area contributed by atoms with Gasteiger partial charge >= 0.3 is 0 Å². The number of amides is 1. The van der Waals surface area contributed by atoms with Crippen molar-refractivity contribution in [2.75, 3.05) is 6.54 Å². The van der Waals surface area contributed by atoms with E-state index in [1.807, 2.05) is 24.1 Å². The third kappa shape index (κ3) is 2.75. The number of hydrogen-bond acceptors (Lipinski definition) is 2. The highest BCUT2D eigenvalue weighted by molar-refractivity contribution is 5.95. The van der Waals surface area contributed by atoms with Crippen molar-refractivity contribution in [1.82, 2.24) is 10.3 Å². The second-order valence-electron chi connectivity index (χ2n) is 3.71. The lowest BCUT2D eigenvalue weighted by Crippen LogP contribution is -2.25. The first-order valence-corrected chi connectivity index (χ1v) is 5.52. The molecule has 0 atom stereocenters. The highest BCUT2D eigenvalue weighted by Crippen LogP contribution is 2.09. The first-order chi connectivity index (χ1) is 8.81. The molecule has 0 aliphatic carbocycles. The number of aromatic nitrogens is 1. The van der Waals surface area contributed by atoms with Gasteiger partial charge < -0.3 is 10.3 Å². The van der Waals surface area contributed by atoms with E-state index < -0.39 is 0 Å². The lowest BCUT2D eigenvalue weighted by molar-refractivity contribution is 0.0954. The van der Waals surface area contributed by atoms with E-state index >= 15 is 0 Å². The van der Waals surface area contributed by atoms with Crippen LogP contribution >= 0.6 is 0 Å². The number of rotatable bonds is 4. The third-order valence-corrected chi connectivity index (χ3v) is 2.51. The number of carbonyl (C=O) groups excluding carboxylic acids is 2. The van der Waals surface area contributed by atoms with Gasteiger partial charge in [-0.15, -0.1) is 0 Å². The van der Waals surface area contributed by atoms with Crippen molar-refractivity contribution >= 4 is 17.4 Å². The van der Waals surface area contributed by atoms with E-state index in [0.29, 0.717) is 11.3 Å². The summed E-state index contributed by atoms with van der Waals surface area (Å²) in [6.07, 6.45) is 1.67. The molecule has 0 saturated carbocycles. The molecule has 90 valence electrons. The average molecular weight is 240 g/mol. The molecule has 0 aliphatic rings. The standard InChI is InChI=1S/C14H12N2O2/c17-10-12(11-5-2-1-3-6-11)9-16-14(18)13-7-4-8-15-13/h1-8,15H,9H2,(H,16,18). The molecule has 1 heterocycles. The van der Waals surface area contributed by atoms with Crippen LogP contribution in [-0.2, 0) is 4.79 Å². The molecule has 2 rings (SSSR count). The van der Waals surface area contributed by atoms with Crippen LogP contribution in [0.15, 0.2) is 48.7 Å². The molecule has 2 aromatic rings. The van der Waals surface area contributed by atoms with E-state index in [4.69, 9.17) is 0 Å². The Morgan fingerprint density at radius 2 is 1.94 bits per heavy atom. The van der Waals surface area contributed by atoms with Crippen LogP contribution in [0.4, 0.5) is 0 Å². The molecular formula is C14H12N2O2. The summed E-state index contributed by atoms with van der Waals surface area (Å²) < 4.78 is 0. The number of hydrogen-bond donors (Lipinski definition) is 2. The average Bonchev–Trinajstić information content (AvgIpc) is 2.94. The minimum atomic E-state index is -0.247. The van der Waals surface area contributed by atoms with Crippen molar-refractivity contribution < 1.29 is 9.59 Å². The summed E-state index contributed by atoms with van der Waals surface area (Å²) in [5.41, 5.74) is 1.66. The molecule has 1 amide bonds. The molecule has 0 radical (unpaired) electrons. The minimum absolute atomic E-state index is 0.158. The second-order valence-corrected chi connectivity index (χ2v) is 3.71. The number of H-pyrrole nitrogens is 1. The molecule has 0 unspecified atom stereocenters. The molecule has 0 fully saturated rings. The zero-order valence-corrected chi connectivity index (χ0v) is 9.64. The van der Waals surface area contributed by atoms with Crippen LogP contribution in [-0.4, -0.2) is 23.4 Å².